The number of rotatable bonds is 6. The Labute approximate surface area is 142 Å². The van der Waals surface area contributed by atoms with E-state index in [4.69, 9.17) is 0 Å². The lowest BCUT2D eigenvalue weighted by Crippen LogP contribution is -2.33. The van der Waals surface area contributed by atoms with Crippen molar-refractivity contribution in [2.24, 2.45) is 0 Å². The Balaban J connectivity index is 2.12. The van der Waals surface area contributed by atoms with E-state index in [2.05, 4.69) is 10.3 Å². The third-order valence-corrected chi connectivity index (χ3v) is 6.38. The highest BCUT2D eigenvalue weighted by Crippen LogP contribution is 2.19. The molecule has 24 heavy (non-hydrogen) atoms. The topological polar surface area (TPSA) is 76.1 Å². The summed E-state index contributed by atoms with van der Waals surface area (Å²) in [6.45, 7) is 3.11. The largest absolute Gasteiger partial charge is 0.322 e. The van der Waals surface area contributed by atoms with Crippen molar-refractivity contribution in [2.45, 2.75) is 31.3 Å². The Bertz CT molecular complexity index is 850. The van der Waals surface area contributed by atoms with Gasteiger partial charge in [-0.05, 0) is 25.5 Å². The highest BCUT2D eigenvalue weighted by molar-refractivity contribution is 7.92. The van der Waals surface area contributed by atoms with E-state index in [-0.39, 0.29) is 5.75 Å². The summed E-state index contributed by atoms with van der Waals surface area (Å²) in [5, 5.41) is 3.12. The van der Waals surface area contributed by atoms with Crippen molar-refractivity contribution in [3.63, 3.8) is 0 Å². The first-order chi connectivity index (χ1) is 11.2. The molecule has 0 aliphatic rings. The fourth-order valence-corrected chi connectivity index (χ4v) is 3.94. The Morgan fingerprint density at radius 2 is 2.08 bits per heavy atom. The molecule has 1 heterocycles. The van der Waals surface area contributed by atoms with Crippen LogP contribution in [0.25, 0.3) is 0 Å². The van der Waals surface area contributed by atoms with Gasteiger partial charge in [-0.3, -0.25) is 4.79 Å². The molecule has 0 radical (unpaired) electrons. The summed E-state index contributed by atoms with van der Waals surface area (Å²) in [5.41, 5.74) is -0.0302. The van der Waals surface area contributed by atoms with Gasteiger partial charge in [0.15, 0.2) is 9.84 Å². The number of carbonyl (C=O) groups is 1. The van der Waals surface area contributed by atoms with Crippen LogP contribution in [0.5, 0.6) is 0 Å². The van der Waals surface area contributed by atoms with Crippen molar-refractivity contribution in [1.82, 2.24) is 4.98 Å². The molecule has 0 aliphatic heterocycles. The lowest BCUT2D eigenvalue weighted by Gasteiger charge is -2.13. The number of hydrogen-bond acceptors (Lipinski definition) is 5. The van der Waals surface area contributed by atoms with E-state index in [0.717, 1.165) is 23.2 Å². The number of sulfone groups is 1. The monoisotopic (exact) mass is 374 g/mol. The number of aryl methyl sites for hydroxylation is 1. The molecule has 1 aromatic carbocycles. The predicted molar refractivity (Wildman–Crippen MR) is 88.6 cm³/mol. The van der Waals surface area contributed by atoms with E-state index in [1.54, 1.807) is 5.38 Å². The molecule has 2 aromatic rings. The van der Waals surface area contributed by atoms with Crippen LogP contribution >= 0.6 is 11.3 Å². The van der Waals surface area contributed by atoms with Gasteiger partial charge >= 0.3 is 0 Å². The van der Waals surface area contributed by atoms with Crippen LogP contribution in [0.1, 0.15) is 24.5 Å². The molecular formula is C15H16F2N2O3S2. The summed E-state index contributed by atoms with van der Waals surface area (Å²) in [7, 11) is -3.83. The molecule has 0 bridgehead atoms. The van der Waals surface area contributed by atoms with E-state index < -0.39 is 38.3 Å². The minimum absolute atomic E-state index is 0.369. The van der Waals surface area contributed by atoms with Gasteiger partial charge in [0.05, 0.1) is 22.1 Å². The minimum atomic E-state index is -3.83. The summed E-state index contributed by atoms with van der Waals surface area (Å²) in [5.74, 6) is -2.90. The smallest absolute Gasteiger partial charge is 0.242 e. The number of nitrogens with one attached hydrogen (secondary N) is 1. The van der Waals surface area contributed by atoms with Crippen molar-refractivity contribution in [3.05, 3.63) is 45.9 Å². The molecule has 5 nitrogen and oxygen atoms in total. The van der Waals surface area contributed by atoms with Crippen LogP contribution in [0.2, 0.25) is 0 Å². The van der Waals surface area contributed by atoms with Gasteiger partial charge in [0, 0.05) is 11.4 Å². The molecule has 0 fully saturated rings. The summed E-state index contributed by atoms with van der Waals surface area (Å²) in [6.07, 6.45) is 0.694. The lowest BCUT2D eigenvalue weighted by atomic mass is 10.3. The van der Waals surface area contributed by atoms with E-state index >= 15 is 0 Å². The molecule has 1 unspecified atom stereocenters. The second-order valence-electron chi connectivity index (χ2n) is 5.15. The molecule has 2 rings (SSSR count). The molecule has 1 N–H and O–H groups in total. The number of carbonyl (C=O) groups excluding carboxylic acids is 1. The molecule has 0 saturated heterocycles. The second kappa shape index (κ2) is 7.35. The number of anilines is 1. The van der Waals surface area contributed by atoms with Crippen LogP contribution in [0.4, 0.5) is 14.5 Å². The molecule has 1 aromatic heterocycles. The van der Waals surface area contributed by atoms with Gasteiger partial charge in [-0.2, -0.15) is 0 Å². The summed E-state index contributed by atoms with van der Waals surface area (Å²) >= 11 is 1.35. The average Bonchev–Trinajstić information content (AvgIpc) is 2.97. The fourth-order valence-electron chi connectivity index (χ4n) is 1.90. The van der Waals surface area contributed by atoms with Crippen LogP contribution in [0.15, 0.2) is 23.6 Å². The van der Waals surface area contributed by atoms with Crippen LogP contribution < -0.4 is 5.32 Å². The maximum atomic E-state index is 13.5. The quantitative estimate of drug-likeness (QED) is 0.843. The molecule has 9 heteroatoms. The molecule has 1 atom stereocenters. The van der Waals surface area contributed by atoms with Gasteiger partial charge in [0.25, 0.3) is 0 Å². The predicted octanol–water partition coefficient (Wildman–Crippen LogP) is 2.93. The van der Waals surface area contributed by atoms with Crippen molar-refractivity contribution in [2.75, 3.05) is 5.32 Å². The Morgan fingerprint density at radius 3 is 2.71 bits per heavy atom. The average molecular weight is 374 g/mol. The van der Waals surface area contributed by atoms with Gasteiger partial charge in [-0.1, -0.05) is 6.92 Å². The van der Waals surface area contributed by atoms with Gasteiger partial charge in [-0.15, -0.1) is 11.3 Å². The molecule has 0 saturated carbocycles. The Kier molecular flexibility index (Phi) is 5.66. The number of halogens is 2. The molecule has 0 aliphatic carbocycles. The van der Waals surface area contributed by atoms with Crippen molar-refractivity contribution >= 4 is 32.8 Å². The van der Waals surface area contributed by atoms with Crippen LogP contribution in [0, 0.1) is 11.6 Å². The van der Waals surface area contributed by atoms with Gasteiger partial charge in [-0.25, -0.2) is 22.2 Å². The molecule has 130 valence electrons. The van der Waals surface area contributed by atoms with E-state index in [1.807, 2.05) is 6.92 Å². The van der Waals surface area contributed by atoms with E-state index in [1.165, 1.54) is 18.3 Å². The zero-order valence-electron chi connectivity index (χ0n) is 13.0. The molecule has 1 amide bonds. The number of hydrogen-bond donors (Lipinski definition) is 1. The second-order valence-corrected chi connectivity index (χ2v) is 8.41. The number of amides is 1. The van der Waals surface area contributed by atoms with Crippen LogP contribution in [0.3, 0.4) is 0 Å². The van der Waals surface area contributed by atoms with Gasteiger partial charge in [0.1, 0.15) is 16.9 Å². The first-order valence-corrected chi connectivity index (χ1v) is 9.73. The number of aromatic nitrogens is 1. The SMILES string of the molecule is CCc1nc(CS(=O)(=O)C(C)C(=O)Nc2cc(F)ccc2F)cs1. The highest BCUT2D eigenvalue weighted by Gasteiger charge is 2.29. The first-order valence-electron chi connectivity index (χ1n) is 7.13. The normalized spacial score (nSPS) is 12.8. The van der Waals surface area contributed by atoms with Crippen molar-refractivity contribution < 1.29 is 22.0 Å². The van der Waals surface area contributed by atoms with Crippen molar-refractivity contribution in [1.29, 1.82) is 0 Å². The highest BCUT2D eigenvalue weighted by atomic mass is 32.2. The van der Waals surface area contributed by atoms with Gasteiger partial charge < -0.3 is 5.32 Å². The summed E-state index contributed by atoms with van der Waals surface area (Å²) in [4.78, 5) is 16.2. The van der Waals surface area contributed by atoms with E-state index in [0.29, 0.717) is 12.1 Å². The fraction of sp³-hybridized carbons (Fsp3) is 0.333. The Hall–Kier alpha value is -1.87. The molecular weight excluding hydrogens is 358 g/mol. The number of benzene rings is 1. The van der Waals surface area contributed by atoms with Crippen LogP contribution in [-0.4, -0.2) is 24.6 Å². The van der Waals surface area contributed by atoms with Crippen LogP contribution in [-0.2, 0) is 26.8 Å². The Morgan fingerprint density at radius 1 is 1.38 bits per heavy atom. The molecule has 0 spiro atoms. The standard InChI is InChI=1S/C15H16F2N2O3S2/c1-3-14-18-11(7-23-14)8-24(21,22)9(2)15(20)19-13-6-10(16)4-5-12(13)17/h4-7,9H,3,8H2,1-2H3,(H,19,20). The summed E-state index contributed by atoms with van der Waals surface area (Å²) in [6, 6.07) is 2.55. The maximum Gasteiger partial charge on any atom is 0.242 e. The third-order valence-electron chi connectivity index (χ3n) is 3.35. The van der Waals surface area contributed by atoms with E-state index in [9.17, 15) is 22.0 Å². The van der Waals surface area contributed by atoms with Crippen molar-refractivity contribution in [3.8, 4) is 0 Å². The summed E-state index contributed by atoms with van der Waals surface area (Å²) < 4.78 is 51.3. The first kappa shape index (κ1) is 18.5. The minimum Gasteiger partial charge on any atom is -0.322 e. The number of nitrogens with zero attached hydrogens (tertiary/aromatic N) is 1. The lowest BCUT2D eigenvalue weighted by molar-refractivity contribution is -0.115. The maximum absolute atomic E-state index is 13.5. The third kappa shape index (κ3) is 4.35. The zero-order chi connectivity index (χ0) is 17.9. The van der Waals surface area contributed by atoms with Gasteiger partial charge in [0.2, 0.25) is 5.91 Å². The zero-order valence-corrected chi connectivity index (χ0v) is 14.7. The number of thiazole rings is 1.